The number of carbonyl (C=O) groups excluding carboxylic acids is 1. The maximum Gasteiger partial charge on any atom is 0.472 e. The topological polar surface area (TPSA) is 91.3 Å². The molecule has 0 aromatic rings. The normalized spacial score (nSPS) is 14.1. The van der Waals surface area contributed by atoms with E-state index in [1.165, 1.54) is 128 Å². The molecule has 0 aromatic carbocycles. The van der Waals surface area contributed by atoms with E-state index in [-0.39, 0.29) is 25.8 Å². The summed E-state index contributed by atoms with van der Waals surface area (Å²) in [6.45, 7) is 5.48. The van der Waals surface area contributed by atoms with Crippen LogP contribution in [0.15, 0.2) is 72.9 Å². The molecule has 0 bridgehead atoms. The number of hydrogen-bond acceptors (Lipinski definition) is 6. The molecular formula is C56H103NO7P+. The molecule has 378 valence electrons. The van der Waals surface area contributed by atoms with Crippen LogP contribution in [0.2, 0.25) is 0 Å². The van der Waals surface area contributed by atoms with E-state index in [4.69, 9.17) is 18.5 Å². The Hall–Kier alpha value is -2.06. The summed E-state index contributed by atoms with van der Waals surface area (Å²) in [5.74, 6) is -0.321. The van der Waals surface area contributed by atoms with Crippen LogP contribution in [0.3, 0.4) is 0 Å². The number of nitrogens with zero attached hydrogens (tertiary/aromatic N) is 1. The first-order chi connectivity index (χ1) is 31.6. The first-order valence-corrected chi connectivity index (χ1v) is 28.2. The van der Waals surface area contributed by atoms with Gasteiger partial charge in [-0.3, -0.25) is 13.8 Å². The number of phosphoric acid groups is 1. The predicted molar refractivity (Wildman–Crippen MR) is 279 cm³/mol. The largest absolute Gasteiger partial charge is 0.472 e. The third-order valence-corrected chi connectivity index (χ3v) is 12.2. The highest BCUT2D eigenvalue weighted by molar-refractivity contribution is 7.47. The van der Waals surface area contributed by atoms with Crippen molar-refractivity contribution in [3.63, 3.8) is 0 Å². The molecule has 0 aliphatic rings. The van der Waals surface area contributed by atoms with Gasteiger partial charge in [0.25, 0.3) is 0 Å². The van der Waals surface area contributed by atoms with Gasteiger partial charge in [0.2, 0.25) is 0 Å². The van der Waals surface area contributed by atoms with E-state index < -0.39 is 13.9 Å². The van der Waals surface area contributed by atoms with Gasteiger partial charge in [-0.05, 0) is 83.5 Å². The van der Waals surface area contributed by atoms with Crippen LogP contribution in [0.4, 0.5) is 0 Å². The Labute approximate surface area is 402 Å². The van der Waals surface area contributed by atoms with Crippen molar-refractivity contribution in [2.24, 2.45) is 0 Å². The van der Waals surface area contributed by atoms with Gasteiger partial charge in [-0.15, -0.1) is 0 Å². The van der Waals surface area contributed by atoms with Crippen molar-refractivity contribution in [2.45, 2.75) is 225 Å². The highest BCUT2D eigenvalue weighted by Crippen LogP contribution is 2.43. The maximum atomic E-state index is 12.8. The highest BCUT2D eigenvalue weighted by Gasteiger charge is 2.26. The van der Waals surface area contributed by atoms with Gasteiger partial charge in [0.15, 0.2) is 0 Å². The Morgan fingerprint density at radius 3 is 1.34 bits per heavy atom. The minimum atomic E-state index is -4.29. The highest BCUT2D eigenvalue weighted by atomic mass is 31.2. The fourth-order valence-electron chi connectivity index (χ4n) is 7.16. The predicted octanol–water partition coefficient (Wildman–Crippen LogP) is 16.6. The lowest BCUT2D eigenvalue weighted by Gasteiger charge is -2.24. The summed E-state index contributed by atoms with van der Waals surface area (Å²) in [6.07, 6.45) is 63.8. The molecule has 0 saturated carbocycles. The molecular weight excluding hydrogens is 830 g/mol. The lowest BCUT2D eigenvalue weighted by molar-refractivity contribution is -0.870. The molecule has 0 amide bonds. The van der Waals surface area contributed by atoms with Crippen molar-refractivity contribution in [2.75, 3.05) is 54.1 Å². The summed E-state index contributed by atoms with van der Waals surface area (Å²) in [6, 6.07) is 0. The quantitative estimate of drug-likeness (QED) is 0.0214. The van der Waals surface area contributed by atoms with Crippen LogP contribution in [0.5, 0.6) is 0 Å². The number of unbranched alkanes of at least 4 members (excludes halogenated alkanes) is 23. The van der Waals surface area contributed by atoms with Crippen molar-refractivity contribution >= 4 is 13.8 Å². The van der Waals surface area contributed by atoms with E-state index in [9.17, 15) is 14.3 Å². The molecule has 0 aliphatic carbocycles. The zero-order valence-corrected chi connectivity index (χ0v) is 43.9. The Morgan fingerprint density at radius 1 is 0.492 bits per heavy atom. The van der Waals surface area contributed by atoms with E-state index in [2.05, 4.69) is 86.8 Å². The van der Waals surface area contributed by atoms with Crippen molar-refractivity contribution < 1.29 is 37.3 Å². The molecule has 8 nitrogen and oxygen atoms in total. The smallest absolute Gasteiger partial charge is 0.457 e. The van der Waals surface area contributed by atoms with Crippen molar-refractivity contribution in [3.8, 4) is 0 Å². The van der Waals surface area contributed by atoms with Crippen LogP contribution in [0, 0.1) is 0 Å². The van der Waals surface area contributed by atoms with Crippen molar-refractivity contribution in [1.29, 1.82) is 0 Å². The molecule has 0 aromatic heterocycles. The van der Waals surface area contributed by atoms with E-state index in [0.717, 1.165) is 70.6 Å². The molecule has 9 heteroatoms. The Balaban J connectivity index is 4.15. The number of hydrogen-bond donors (Lipinski definition) is 1. The minimum Gasteiger partial charge on any atom is -0.457 e. The third kappa shape index (κ3) is 52.8. The van der Waals surface area contributed by atoms with E-state index in [1.54, 1.807) is 0 Å². The number of quaternary nitrogens is 1. The van der Waals surface area contributed by atoms with Gasteiger partial charge in [-0.25, -0.2) is 4.57 Å². The van der Waals surface area contributed by atoms with E-state index in [0.29, 0.717) is 24.1 Å². The van der Waals surface area contributed by atoms with Crippen molar-refractivity contribution in [3.05, 3.63) is 72.9 Å². The molecule has 2 unspecified atom stereocenters. The third-order valence-electron chi connectivity index (χ3n) is 11.3. The molecule has 0 saturated heterocycles. The number of phosphoric ester groups is 1. The number of allylic oxidation sites excluding steroid dienone is 12. The zero-order chi connectivity index (χ0) is 47.6. The van der Waals surface area contributed by atoms with Gasteiger partial charge in [-0.2, -0.15) is 0 Å². The molecule has 0 aliphatic heterocycles. The average molecular weight is 933 g/mol. The summed E-state index contributed by atoms with van der Waals surface area (Å²) >= 11 is 0. The molecule has 2 atom stereocenters. The van der Waals surface area contributed by atoms with Gasteiger partial charge in [0.1, 0.15) is 19.3 Å². The molecule has 65 heavy (non-hydrogen) atoms. The minimum absolute atomic E-state index is 0.0828. The number of carbonyl (C=O) groups is 1. The first-order valence-electron chi connectivity index (χ1n) is 26.7. The zero-order valence-electron chi connectivity index (χ0n) is 43.0. The molecule has 0 heterocycles. The molecule has 0 fully saturated rings. The summed E-state index contributed by atoms with van der Waals surface area (Å²) in [7, 11) is 1.65. The summed E-state index contributed by atoms with van der Waals surface area (Å²) in [5, 5.41) is 0. The number of rotatable bonds is 49. The molecule has 1 N–H and O–H groups in total. The number of likely N-dealkylation sites (N-methyl/N-ethyl adjacent to an activating group) is 1. The fraction of sp³-hybridized carbons (Fsp3) is 0.768. The second kappa shape index (κ2) is 48.4. The van der Waals surface area contributed by atoms with E-state index in [1.807, 2.05) is 21.1 Å². The molecule has 0 rings (SSSR count). The standard InChI is InChI=1S/C56H102NO7P/c1-6-8-10-12-14-16-18-20-22-24-26-28-29-30-31-33-35-37-39-41-43-45-47-49-56(58)64-55(54-63-65(59,60)62-52-50-57(3,4)5)53-61-51-48-46-44-42-40-38-36-34-32-27-25-23-21-19-17-15-13-11-9-7-2/h9,11,15,17-18,20-21,23-24,26-27,32,55H,6-8,10,12-14,16,19,22,25,28-31,33-54H2,1-5H3/p+1/b11-9-,17-15-,20-18-,23-21-,26-24-,32-27-. The SMILES string of the molecule is CC/C=C\C/C=C\C/C=C\C/C=C\CCCCCCCCCOCC(COP(=O)(O)OCC[N+](C)(C)C)OC(=O)CCCCCCCCCCCCC/C=C\C/C=C\CCCCCCC. The second-order valence-electron chi connectivity index (χ2n) is 18.9. The lowest BCUT2D eigenvalue weighted by atomic mass is 10.0. The maximum absolute atomic E-state index is 12.8. The monoisotopic (exact) mass is 933 g/mol. The average Bonchev–Trinajstić information content (AvgIpc) is 3.27. The lowest BCUT2D eigenvalue weighted by Crippen LogP contribution is -2.37. The van der Waals surface area contributed by atoms with Crippen molar-refractivity contribution in [1.82, 2.24) is 0 Å². The van der Waals surface area contributed by atoms with Gasteiger partial charge < -0.3 is 18.9 Å². The summed E-state index contributed by atoms with van der Waals surface area (Å²) < 4.78 is 35.2. The van der Waals surface area contributed by atoms with Crippen LogP contribution < -0.4 is 0 Å². The van der Waals surface area contributed by atoms with Crippen LogP contribution in [0.25, 0.3) is 0 Å². The fourth-order valence-corrected chi connectivity index (χ4v) is 7.90. The van der Waals surface area contributed by atoms with Gasteiger partial charge in [0.05, 0.1) is 34.4 Å². The summed E-state index contributed by atoms with van der Waals surface area (Å²) in [5.41, 5.74) is 0. The van der Waals surface area contributed by atoms with Crippen LogP contribution in [-0.2, 0) is 27.9 Å². The Kier molecular flexibility index (Phi) is 46.9. The number of esters is 1. The second-order valence-corrected chi connectivity index (χ2v) is 20.3. The molecule has 0 spiro atoms. The van der Waals surface area contributed by atoms with Gasteiger partial charge in [-0.1, -0.05) is 202 Å². The Morgan fingerprint density at radius 2 is 0.892 bits per heavy atom. The van der Waals surface area contributed by atoms with Gasteiger partial charge >= 0.3 is 13.8 Å². The van der Waals surface area contributed by atoms with Crippen LogP contribution >= 0.6 is 7.82 Å². The molecule has 0 radical (unpaired) electrons. The van der Waals surface area contributed by atoms with Crippen LogP contribution in [0.1, 0.15) is 219 Å². The number of ether oxygens (including phenoxy) is 2. The van der Waals surface area contributed by atoms with Gasteiger partial charge in [0, 0.05) is 13.0 Å². The summed E-state index contributed by atoms with van der Waals surface area (Å²) in [4.78, 5) is 23.0. The Bertz CT molecular complexity index is 1270. The van der Waals surface area contributed by atoms with E-state index >= 15 is 0 Å². The van der Waals surface area contributed by atoms with Crippen LogP contribution in [-0.4, -0.2) is 75.6 Å². The first kappa shape index (κ1) is 62.9.